The number of nitriles is 1. The lowest BCUT2D eigenvalue weighted by molar-refractivity contribution is 0.339. The Labute approximate surface area is 111 Å². The van der Waals surface area contributed by atoms with E-state index in [1.165, 1.54) is 5.56 Å². The molecular formula is C15H13N3O. The molecule has 0 aliphatic carbocycles. The lowest BCUT2D eigenvalue weighted by Gasteiger charge is -2.12. The highest BCUT2D eigenvalue weighted by atomic mass is 16.5. The number of nitrogens with zero attached hydrogens (tertiary/aromatic N) is 2. The summed E-state index contributed by atoms with van der Waals surface area (Å²) in [5.74, 6) is 1.68. The number of anilines is 1. The zero-order chi connectivity index (χ0) is 13.2. The lowest BCUT2D eigenvalue weighted by atomic mass is 10.1. The van der Waals surface area contributed by atoms with E-state index in [1.807, 2.05) is 18.2 Å². The van der Waals surface area contributed by atoms with Gasteiger partial charge in [-0.05, 0) is 25.1 Å². The smallest absolute Gasteiger partial charge is 0.126 e. The van der Waals surface area contributed by atoms with Crippen LogP contribution in [0.15, 0.2) is 36.5 Å². The molecule has 1 aliphatic rings. The second-order valence-electron chi connectivity index (χ2n) is 4.59. The van der Waals surface area contributed by atoms with Crippen molar-refractivity contribution < 1.29 is 4.74 Å². The first-order chi connectivity index (χ1) is 9.26. The molecule has 1 aromatic heterocycles. The van der Waals surface area contributed by atoms with Crippen molar-refractivity contribution in [2.45, 2.75) is 13.0 Å². The molecule has 0 bridgehead atoms. The van der Waals surface area contributed by atoms with Crippen LogP contribution in [0.2, 0.25) is 0 Å². The van der Waals surface area contributed by atoms with Crippen molar-refractivity contribution in [1.29, 1.82) is 5.26 Å². The van der Waals surface area contributed by atoms with Gasteiger partial charge in [-0.25, -0.2) is 4.98 Å². The third kappa shape index (κ3) is 2.23. The maximum Gasteiger partial charge on any atom is 0.126 e. The minimum Gasteiger partial charge on any atom is -0.491 e. The third-order valence-electron chi connectivity index (χ3n) is 3.16. The van der Waals surface area contributed by atoms with E-state index in [9.17, 15) is 0 Å². The van der Waals surface area contributed by atoms with Gasteiger partial charge >= 0.3 is 0 Å². The fourth-order valence-corrected chi connectivity index (χ4v) is 2.18. The molecule has 0 radical (unpaired) electrons. The van der Waals surface area contributed by atoms with Gasteiger partial charge in [-0.1, -0.05) is 17.7 Å². The van der Waals surface area contributed by atoms with E-state index in [-0.39, 0.29) is 6.04 Å². The molecule has 4 heteroatoms. The molecule has 1 aliphatic heterocycles. The van der Waals surface area contributed by atoms with E-state index in [2.05, 4.69) is 29.4 Å². The molecule has 0 amide bonds. The Bertz CT molecular complexity index is 643. The molecule has 3 rings (SSSR count). The summed E-state index contributed by atoms with van der Waals surface area (Å²) in [5, 5.41) is 12.1. The second kappa shape index (κ2) is 4.62. The average Bonchev–Trinajstić information content (AvgIpc) is 2.82. The molecule has 0 saturated heterocycles. The Morgan fingerprint density at radius 1 is 1.37 bits per heavy atom. The monoisotopic (exact) mass is 251 g/mol. The number of benzene rings is 1. The van der Waals surface area contributed by atoms with Gasteiger partial charge in [-0.15, -0.1) is 0 Å². The Kier molecular flexibility index (Phi) is 2.81. The highest BCUT2D eigenvalue weighted by molar-refractivity contribution is 5.48. The summed E-state index contributed by atoms with van der Waals surface area (Å²) in [6, 6.07) is 11.9. The van der Waals surface area contributed by atoms with Gasteiger partial charge in [-0.2, -0.15) is 5.26 Å². The maximum atomic E-state index is 8.74. The molecule has 0 saturated carbocycles. The highest BCUT2D eigenvalue weighted by Crippen LogP contribution is 2.34. The van der Waals surface area contributed by atoms with Crippen LogP contribution in [0.1, 0.15) is 22.7 Å². The number of fused-ring (bicyclic) bond motifs is 1. The highest BCUT2D eigenvalue weighted by Gasteiger charge is 2.24. The Morgan fingerprint density at radius 2 is 2.26 bits per heavy atom. The van der Waals surface area contributed by atoms with Crippen molar-refractivity contribution in [3.8, 4) is 11.8 Å². The summed E-state index contributed by atoms with van der Waals surface area (Å²) < 4.78 is 5.64. The number of hydrogen-bond donors (Lipinski definition) is 1. The van der Waals surface area contributed by atoms with Crippen LogP contribution in [-0.2, 0) is 0 Å². The van der Waals surface area contributed by atoms with Crippen LogP contribution in [0.25, 0.3) is 0 Å². The summed E-state index contributed by atoms with van der Waals surface area (Å²) in [6.45, 7) is 2.66. The SMILES string of the molecule is Cc1ccc2c(c1)[C@H](Nc1ccc(C#N)cn1)CO2. The summed E-state index contributed by atoms with van der Waals surface area (Å²) >= 11 is 0. The van der Waals surface area contributed by atoms with Gasteiger partial charge in [0.2, 0.25) is 0 Å². The minimum absolute atomic E-state index is 0.107. The average molecular weight is 251 g/mol. The second-order valence-corrected chi connectivity index (χ2v) is 4.59. The number of nitrogens with one attached hydrogen (secondary N) is 1. The van der Waals surface area contributed by atoms with E-state index in [0.717, 1.165) is 17.1 Å². The van der Waals surface area contributed by atoms with Crippen molar-refractivity contribution in [1.82, 2.24) is 4.98 Å². The fraction of sp³-hybridized carbons (Fsp3) is 0.200. The molecule has 94 valence electrons. The molecular weight excluding hydrogens is 238 g/mol. The first kappa shape index (κ1) is 11.5. The first-order valence-corrected chi connectivity index (χ1v) is 6.12. The van der Waals surface area contributed by atoms with E-state index < -0.39 is 0 Å². The summed E-state index contributed by atoms with van der Waals surface area (Å²) in [5.41, 5.74) is 2.93. The predicted octanol–water partition coefficient (Wildman–Crippen LogP) is 2.81. The number of aryl methyl sites for hydroxylation is 1. The molecule has 4 nitrogen and oxygen atoms in total. The van der Waals surface area contributed by atoms with Crippen molar-refractivity contribution in [2.24, 2.45) is 0 Å². The Balaban J connectivity index is 1.82. The first-order valence-electron chi connectivity index (χ1n) is 6.12. The Hall–Kier alpha value is -2.54. The molecule has 19 heavy (non-hydrogen) atoms. The summed E-state index contributed by atoms with van der Waals surface area (Å²) in [7, 11) is 0. The van der Waals surface area contributed by atoms with Gasteiger partial charge in [0.1, 0.15) is 24.2 Å². The van der Waals surface area contributed by atoms with Gasteiger partial charge in [0.15, 0.2) is 0 Å². The zero-order valence-corrected chi connectivity index (χ0v) is 10.6. The van der Waals surface area contributed by atoms with Gasteiger partial charge < -0.3 is 10.1 Å². The van der Waals surface area contributed by atoms with E-state index in [4.69, 9.17) is 10.00 Å². The maximum absolute atomic E-state index is 8.74. The van der Waals surface area contributed by atoms with E-state index >= 15 is 0 Å². The van der Waals surface area contributed by atoms with Crippen LogP contribution in [0, 0.1) is 18.3 Å². The number of rotatable bonds is 2. The quantitative estimate of drug-likeness (QED) is 0.891. The summed E-state index contributed by atoms with van der Waals surface area (Å²) in [6.07, 6.45) is 1.56. The van der Waals surface area contributed by atoms with Crippen molar-refractivity contribution in [3.05, 3.63) is 53.2 Å². The van der Waals surface area contributed by atoms with Crippen LogP contribution in [0.5, 0.6) is 5.75 Å². The van der Waals surface area contributed by atoms with Crippen LogP contribution < -0.4 is 10.1 Å². The van der Waals surface area contributed by atoms with Crippen molar-refractivity contribution in [3.63, 3.8) is 0 Å². The number of hydrogen-bond acceptors (Lipinski definition) is 4. The van der Waals surface area contributed by atoms with Crippen LogP contribution in [0.3, 0.4) is 0 Å². The predicted molar refractivity (Wildman–Crippen MR) is 72.0 cm³/mol. The topological polar surface area (TPSA) is 57.9 Å². The normalized spacial score (nSPS) is 16.3. The van der Waals surface area contributed by atoms with Crippen LogP contribution >= 0.6 is 0 Å². The number of aromatic nitrogens is 1. The van der Waals surface area contributed by atoms with Gasteiger partial charge in [0, 0.05) is 11.8 Å². The molecule has 2 aromatic rings. The molecule has 0 unspecified atom stereocenters. The van der Waals surface area contributed by atoms with E-state index in [1.54, 1.807) is 12.3 Å². The zero-order valence-electron chi connectivity index (χ0n) is 10.6. The number of ether oxygens (including phenoxy) is 1. The van der Waals surface area contributed by atoms with Gasteiger partial charge in [0.25, 0.3) is 0 Å². The van der Waals surface area contributed by atoms with Crippen molar-refractivity contribution in [2.75, 3.05) is 11.9 Å². The number of pyridine rings is 1. The largest absolute Gasteiger partial charge is 0.491 e. The molecule has 1 atom stereocenters. The van der Waals surface area contributed by atoms with Gasteiger partial charge in [-0.3, -0.25) is 0 Å². The molecule has 1 N–H and O–H groups in total. The Morgan fingerprint density at radius 3 is 3.00 bits per heavy atom. The molecule has 0 fully saturated rings. The van der Waals surface area contributed by atoms with Crippen LogP contribution in [-0.4, -0.2) is 11.6 Å². The van der Waals surface area contributed by atoms with Crippen molar-refractivity contribution >= 4 is 5.82 Å². The lowest BCUT2D eigenvalue weighted by Crippen LogP contribution is -2.12. The standard InChI is InChI=1S/C15H13N3O/c1-10-2-4-14-12(6-10)13(9-19-14)18-15-5-3-11(7-16)8-17-15/h2-6,8,13H,9H2,1H3,(H,17,18)/t13-/m1/s1. The molecule has 1 aromatic carbocycles. The fourth-order valence-electron chi connectivity index (χ4n) is 2.18. The van der Waals surface area contributed by atoms with Crippen LogP contribution in [0.4, 0.5) is 5.82 Å². The summed E-state index contributed by atoms with van der Waals surface area (Å²) in [4.78, 5) is 4.22. The molecule has 0 spiro atoms. The van der Waals surface area contributed by atoms with E-state index in [0.29, 0.717) is 12.2 Å². The molecule has 2 heterocycles. The van der Waals surface area contributed by atoms with Gasteiger partial charge in [0.05, 0.1) is 11.6 Å². The minimum atomic E-state index is 0.107. The third-order valence-corrected chi connectivity index (χ3v) is 3.16.